The Hall–Kier alpha value is -1.06. The molecule has 2 unspecified atom stereocenters. The maximum absolute atomic E-state index is 11.9. The molecule has 0 aromatic carbocycles. The molecule has 1 aliphatic rings. The SMILES string of the molecule is CCCNC(=O)C(=O)N1C(C)CCCC1C. The standard InChI is InChI=1S/C12H22N2O2/c1-4-8-13-11(15)12(16)14-9(2)6-5-7-10(14)3/h9-10H,4-8H2,1-3H3,(H,13,15). The summed E-state index contributed by atoms with van der Waals surface area (Å²) in [6.45, 7) is 6.57. The molecule has 4 heteroatoms. The van der Waals surface area contributed by atoms with E-state index in [0.717, 1.165) is 25.7 Å². The topological polar surface area (TPSA) is 49.4 Å². The number of carbonyl (C=O) groups excluding carboxylic acids is 2. The van der Waals surface area contributed by atoms with Crippen LogP contribution in [0.15, 0.2) is 0 Å². The minimum atomic E-state index is -0.456. The van der Waals surface area contributed by atoms with Gasteiger partial charge in [-0.1, -0.05) is 6.92 Å². The molecule has 1 rings (SSSR count). The van der Waals surface area contributed by atoms with Crippen LogP contribution in [-0.2, 0) is 9.59 Å². The molecule has 1 saturated heterocycles. The first-order valence-corrected chi connectivity index (χ1v) is 6.18. The van der Waals surface area contributed by atoms with E-state index in [0.29, 0.717) is 6.54 Å². The first-order valence-electron chi connectivity index (χ1n) is 6.18. The zero-order valence-electron chi connectivity index (χ0n) is 10.5. The van der Waals surface area contributed by atoms with E-state index in [9.17, 15) is 9.59 Å². The number of amides is 2. The van der Waals surface area contributed by atoms with Crippen LogP contribution < -0.4 is 5.32 Å². The third-order valence-corrected chi connectivity index (χ3v) is 3.16. The lowest BCUT2D eigenvalue weighted by atomic mass is 9.97. The summed E-state index contributed by atoms with van der Waals surface area (Å²) < 4.78 is 0. The van der Waals surface area contributed by atoms with Gasteiger partial charge in [-0.15, -0.1) is 0 Å². The fourth-order valence-electron chi connectivity index (χ4n) is 2.25. The van der Waals surface area contributed by atoms with Gasteiger partial charge in [-0.25, -0.2) is 0 Å². The van der Waals surface area contributed by atoms with E-state index >= 15 is 0 Å². The first kappa shape index (κ1) is 13.0. The highest BCUT2D eigenvalue weighted by Gasteiger charge is 2.32. The molecule has 1 heterocycles. The molecule has 0 radical (unpaired) electrons. The zero-order valence-corrected chi connectivity index (χ0v) is 10.5. The van der Waals surface area contributed by atoms with Crippen LogP contribution in [-0.4, -0.2) is 35.3 Å². The molecule has 0 saturated carbocycles. The lowest BCUT2D eigenvalue weighted by Crippen LogP contribution is -2.52. The van der Waals surface area contributed by atoms with Crippen LogP contribution in [0.5, 0.6) is 0 Å². The highest BCUT2D eigenvalue weighted by atomic mass is 16.2. The van der Waals surface area contributed by atoms with Gasteiger partial charge in [-0.2, -0.15) is 0 Å². The smallest absolute Gasteiger partial charge is 0.312 e. The van der Waals surface area contributed by atoms with Gasteiger partial charge in [-0.05, 0) is 39.5 Å². The van der Waals surface area contributed by atoms with Gasteiger partial charge in [0.1, 0.15) is 0 Å². The molecule has 4 nitrogen and oxygen atoms in total. The van der Waals surface area contributed by atoms with Crippen molar-refractivity contribution in [1.82, 2.24) is 10.2 Å². The number of rotatable bonds is 2. The Labute approximate surface area is 97.4 Å². The Morgan fingerprint density at radius 1 is 1.25 bits per heavy atom. The average molecular weight is 226 g/mol. The van der Waals surface area contributed by atoms with Gasteiger partial charge in [0.05, 0.1) is 0 Å². The first-order chi connectivity index (χ1) is 7.57. The Morgan fingerprint density at radius 3 is 2.31 bits per heavy atom. The summed E-state index contributed by atoms with van der Waals surface area (Å²) in [4.78, 5) is 25.3. The van der Waals surface area contributed by atoms with E-state index in [4.69, 9.17) is 0 Å². The van der Waals surface area contributed by atoms with E-state index in [2.05, 4.69) is 5.32 Å². The highest BCUT2D eigenvalue weighted by molar-refractivity contribution is 6.35. The Balaban J connectivity index is 2.59. The van der Waals surface area contributed by atoms with Crippen LogP contribution >= 0.6 is 0 Å². The molecule has 0 aromatic rings. The zero-order chi connectivity index (χ0) is 12.1. The Kier molecular flexibility index (Phi) is 4.77. The molecule has 0 bridgehead atoms. The van der Waals surface area contributed by atoms with Crippen LogP contribution in [0.3, 0.4) is 0 Å². The fourth-order valence-corrected chi connectivity index (χ4v) is 2.25. The van der Waals surface area contributed by atoms with Gasteiger partial charge in [0.2, 0.25) is 0 Å². The monoisotopic (exact) mass is 226 g/mol. The summed E-state index contributed by atoms with van der Waals surface area (Å²) in [5, 5.41) is 2.64. The predicted octanol–water partition coefficient (Wildman–Crippen LogP) is 1.30. The second kappa shape index (κ2) is 5.87. The van der Waals surface area contributed by atoms with Gasteiger partial charge in [0, 0.05) is 18.6 Å². The minimum absolute atomic E-state index is 0.184. The molecular formula is C12H22N2O2. The number of piperidine rings is 1. The van der Waals surface area contributed by atoms with Crippen molar-refractivity contribution >= 4 is 11.8 Å². The van der Waals surface area contributed by atoms with Gasteiger partial charge in [-0.3, -0.25) is 9.59 Å². The van der Waals surface area contributed by atoms with Crippen molar-refractivity contribution in [2.75, 3.05) is 6.54 Å². The van der Waals surface area contributed by atoms with Crippen LogP contribution in [0.25, 0.3) is 0 Å². The molecule has 1 fully saturated rings. The van der Waals surface area contributed by atoms with E-state index < -0.39 is 5.91 Å². The van der Waals surface area contributed by atoms with Crippen molar-refractivity contribution in [1.29, 1.82) is 0 Å². The summed E-state index contributed by atoms with van der Waals surface area (Å²) >= 11 is 0. The molecule has 0 spiro atoms. The normalized spacial score (nSPS) is 25.3. The van der Waals surface area contributed by atoms with Gasteiger partial charge >= 0.3 is 11.8 Å². The molecule has 0 aliphatic carbocycles. The molecule has 1 aliphatic heterocycles. The lowest BCUT2D eigenvalue weighted by molar-refractivity contribution is -0.150. The third-order valence-electron chi connectivity index (χ3n) is 3.16. The summed E-state index contributed by atoms with van der Waals surface area (Å²) in [5.41, 5.74) is 0. The summed E-state index contributed by atoms with van der Waals surface area (Å²) in [6, 6.07) is 0.368. The number of hydrogen-bond donors (Lipinski definition) is 1. The molecule has 2 atom stereocenters. The number of nitrogens with one attached hydrogen (secondary N) is 1. The molecular weight excluding hydrogens is 204 g/mol. The van der Waals surface area contributed by atoms with Crippen molar-refractivity contribution in [3.05, 3.63) is 0 Å². The predicted molar refractivity (Wildman–Crippen MR) is 62.9 cm³/mol. The van der Waals surface area contributed by atoms with Gasteiger partial charge in [0.25, 0.3) is 0 Å². The molecule has 16 heavy (non-hydrogen) atoms. The molecule has 92 valence electrons. The molecule has 2 amide bonds. The van der Waals surface area contributed by atoms with Gasteiger partial charge in [0.15, 0.2) is 0 Å². The maximum Gasteiger partial charge on any atom is 0.312 e. The second-order valence-electron chi connectivity index (χ2n) is 4.60. The number of likely N-dealkylation sites (tertiary alicyclic amines) is 1. The fraction of sp³-hybridized carbons (Fsp3) is 0.833. The number of hydrogen-bond acceptors (Lipinski definition) is 2. The van der Waals surface area contributed by atoms with Crippen LogP contribution in [0, 0.1) is 0 Å². The third kappa shape index (κ3) is 2.97. The largest absolute Gasteiger partial charge is 0.348 e. The highest BCUT2D eigenvalue weighted by Crippen LogP contribution is 2.22. The second-order valence-corrected chi connectivity index (χ2v) is 4.60. The van der Waals surface area contributed by atoms with Crippen LogP contribution in [0.1, 0.15) is 46.5 Å². The lowest BCUT2D eigenvalue weighted by Gasteiger charge is -2.38. The molecule has 1 N–H and O–H groups in total. The van der Waals surface area contributed by atoms with Crippen molar-refractivity contribution in [2.24, 2.45) is 0 Å². The van der Waals surface area contributed by atoms with Crippen molar-refractivity contribution < 1.29 is 9.59 Å². The summed E-state index contributed by atoms with van der Waals surface area (Å²) in [6.07, 6.45) is 3.99. The van der Waals surface area contributed by atoms with Crippen LogP contribution in [0.4, 0.5) is 0 Å². The van der Waals surface area contributed by atoms with Gasteiger partial charge < -0.3 is 10.2 Å². The van der Waals surface area contributed by atoms with Crippen molar-refractivity contribution in [2.45, 2.75) is 58.5 Å². The minimum Gasteiger partial charge on any atom is -0.348 e. The molecule has 0 aromatic heterocycles. The van der Waals surface area contributed by atoms with E-state index in [1.165, 1.54) is 0 Å². The summed E-state index contributed by atoms with van der Waals surface area (Å²) in [7, 11) is 0. The van der Waals surface area contributed by atoms with Crippen molar-refractivity contribution in [3.63, 3.8) is 0 Å². The number of carbonyl (C=O) groups is 2. The number of nitrogens with zero attached hydrogens (tertiary/aromatic N) is 1. The Bertz CT molecular complexity index is 256. The maximum atomic E-state index is 11.9. The van der Waals surface area contributed by atoms with Crippen molar-refractivity contribution in [3.8, 4) is 0 Å². The Morgan fingerprint density at radius 2 is 1.81 bits per heavy atom. The van der Waals surface area contributed by atoms with E-state index in [-0.39, 0.29) is 18.0 Å². The summed E-state index contributed by atoms with van der Waals surface area (Å²) in [5.74, 6) is -0.824. The average Bonchev–Trinajstić information content (AvgIpc) is 2.25. The quantitative estimate of drug-likeness (QED) is 0.722. The van der Waals surface area contributed by atoms with E-state index in [1.807, 2.05) is 20.8 Å². The van der Waals surface area contributed by atoms with Crippen LogP contribution in [0.2, 0.25) is 0 Å². The van der Waals surface area contributed by atoms with E-state index in [1.54, 1.807) is 4.90 Å².